The summed E-state index contributed by atoms with van der Waals surface area (Å²) in [4.78, 5) is 26.4. The smallest absolute Gasteiger partial charge is 0.545 e. The molecule has 0 heterocycles. The van der Waals surface area contributed by atoms with Crippen LogP contribution in [-0.2, 0) is 13.2 Å². The Morgan fingerprint density at radius 2 is 1.61 bits per heavy atom. The molecule has 0 aliphatic carbocycles. The number of aromatic carboxylic acids is 1. The number of benzene rings is 4. The van der Waals surface area contributed by atoms with Gasteiger partial charge in [-0.1, -0.05) is 41.9 Å². The molecule has 0 saturated carbocycles. The molecule has 0 unspecified atom stereocenters. The van der Waals surface area contributed by atoms with E-state index in [0.29, 0.717) is 30.1 Å². The van der Waals surface area contributed by atoms with Gasteiger partial charge in [0.15, 0.2) is 12.0 Å². The van der Waals surface area contributed by atoms with Crippen molar-refractivity contribution in [3.63, 3.8) is 0 Å². The van der Waals surface area contributed by atoms with E-state index in [-0.39, 0.29) is 59.7 Å². The van der Waals surface area contributed by atoms with Gasteiger partial charge in [0.25, 0.3) is 0 Å². The van der Waals surface area contributed by atoms with Crippen molar-refractivity contribution < 1.29 is 47.8 Å². The fourth-order valence-electron chi connectivity index (χ4n) is 4.57. The summed E-state index contributed by atoms with van der Waals surface area (Å²) in [6.45, 7) is 11.9. The molecule has 0 saturated heterocycles. The molecule has 220 valence electrons. The average molecular weight is 624 g/mol. The largest absolute Gasteiger partial charge is 1.00 e. The quantitative estimate of drug-likeness (QED) is 0.0715. The number of halogens is 2. The number of carbonyl (C=O) groups is 2. The van der Waals surface area contributed by atoms with Gasteiger partial charge in [-0.15, -0.1) is 11.6 Å². The molecule has 0 atom stereocenters. The topological polar surface area (TPSA) is 89.2 Å². The third-order valence-corrected chi connectivity index (χ3v) is 7.43. The standard InChI is InChI=1S/C34H29Cl2NO6.Li/c1-21-24(7-4-8-28(21)29-9-5-10-31(22(29)2)41-12-6-11-35)20-43-33-17-32(26(18-38)16-30(33)36)42-19-23-13-25(34(39)40)15-27(14-23)37-3;/h4-5,7-10,13-18H,6,11-12,19-20H2,1-2H3,(H,39,40);/q;+1/p-1. The number of hydrogen-bond donors (Lipinski definition) is 0. The van der Waals surface area contributed by atoms with Gasteiger partial charge in [0.05, 0.1) is 29.7 Å². The molecule has 0 bridgehead atoms. The van der Waals surface area contributed by atoms with E-state index in [1.165, 1.54) is 30.3 Å². The molecule has 0 aliphatic rings. The number of carbonyl (C=O) groups excluding carboxylic acids is 2. The maximum Gasteiger partial charge on any atom is 1.00 e. The zero-order valence-corrected chi connectivity index (χ0v) is 26.1. The van der Waals surface area contributed by atoms with E-state index < -0.39 is 5.97 Å². The van der Waals surface area contributed by atoms with E-state index in [2.05, 4.69) is 17.0 Å². The first-order valence-electron chi connectivity index (χ1n) is 13.4. The van der Waals surface area contributed by atoms with Crippen LogP contribution in [0.1, 0.15) is 49.4 Å². The molecule has 0 aromatic heterocycles. The van der Waals surface area contributed by atoms with Crippen LogP contribution < -0.4 is 38.2 Å². The molecule has 4 aromatic carbocycles. The normalized spacial score (nSPS) is 10.3. The van der Waals surface area contributed by atoms with Crippen molar-refractivity contribution in [3.8, 4) is 28.4 Å². The summed E-state index contributed by atoms with van der Waals surface area (Å²) in [5, 5.41) is 11.6. The summed E-state index contributed by atoms with van der Waals surface area (Å²) in [7, 11) is 0. The van der Waals surface area contributed by atoms with E-state index >= 15 is 0 Å². The molecular weight excluding hydrogens is 596 g/mol. The summed E-state index contributed by atoms with van der Waals surface area (Å²) >= 11 is 12.2. The van der Waals surface area contributed by atoms with Gasteiger partial charge in [0.1, 0.15) is 30.5 Å². The van der Waals surface area contributed by atoms with Crippen LogP contribution in [0.5, 0.6) is 17.2 Å². The Morgan fingerprint density at radius 3 is 2.30 bits per heavy atom. The first-order valence-corrected chi connectivity index (χ1v) is 14.3. The van der Waals surface area contributed by atoms with Crippen LogP contribution in [0.15, 0.2) is 66.7 Å². The van der Waals surface area contributed by atoms with Crippen LogP contribution in [-0.4, -0.2) is 24.7 Å². The molecule has 10 heteroatoms. The molecule has 0 amide bonds. The SMILES string of the molecule is [C-]#[N+]c1cc(COc2cc(OCc3cccc(-c4cccc(OCCCCl)c4C)c3C)c(Cl)cc2C=O)cc(C(=O)[O-])c1.[Li+]. The van der Waals surface area contributed by atoms with E-state index in [1.807, 2.05) is 38.1 Å². The van der Waals surface area contributed by atoms with Crippen molar-refractivity contribution in [2.75, 3.05) is 12.5 Å². The monoisotopic (exact) mass is 623 g/mol. The maximum atomic E-state index is 11.7. The van der Waals surface area contributed by atoms with Crippen molar-refractivity contribution in [1.29, 1.82) is 0 Å². The Labute approximate surface area is 278 Å². The van der Waals surface area contributed by atoms with E-state index in [4.69, 9.17) is 44.0 Å². The van der Waals surface area contributed by atoms with Crippen molar-refractivity contribution >= 4 is 41.1 Å². The van der Waals surface area contributed by atoms with Crippen molar-refractivity contribution in [2.24, 2.45) is 0 Å². The Bertz CT molecular complexity index is 1700. The fraction of sp³-hybridized carbons (Fsp3) is 0.206. The molecule has 0 spiro atoms. The van der Waals surface area contributed by atoms with Crippen LogP contribution in [0.3, 0.4) is 0 Å². The van der Waals surface area contributed by atoms with Crippen molar-refractivity contribution in [3.05, 3.63) is 117 Å². The van der Waals surface area contributed by atoms with Gasteiger partial charge >= 0.3 is 18.9 Å². The molecular formula is C34H28Cl2LiNO6. The van der Waals surface area contributed by atoms with Crippen molar-refractivity contribution in [2.45, 2.75) is 33.5 Å². The third kappa shape index (κ3) is 8.38. The average Bonchev–Trinajstić information content (AvgIpc) is 3.01. The second-order valence-corrected chi connectivity index (χ2v) is 10.5. The molecule has 4 aromatic rings. The first kappa shape index (κ1) is 34.6. The summed E-state index contributed by atoms with van der Waals surface area (Å²) < 4.78 is 17.9. The second-order valence-electron chi connectivity index (χ2n) is 9.71. The number of rotatable bonds is 13. The van der Waals surface area contributed by atoms with Crippen LogP contribution in [0.2, 0.25) is 5.02 Å². The summed E-state index contributed by atoms with van der Waals surface area (Å²) in [6.07, 6.45) is 1.37. The zero-order valence-electron chi connectivity index (χ0n) is 24.6. The number of aldehydes is 1. The Hall–Kier alpha value is -3.91. The van der Waals surface area contributed by atoms with Gasteiger partial charge in [-0.25, -0.2) is 4.85 Å². The predicted molar refractivity (Wildman–Crippen MR) is 165 cm³/mol. The molecule has 44 heavy (non-hydrogen) atoms. The number of alkyl halides is 1. The minimum Gasteiger partial charge on any atom is -0.545 e. The van der Waals surface area contributed by atoms with Gasteiger partial charge in [0, 0.05) is 11.9 Å². The summed E-state index contributed by atoms with van der Waals surface area (Å²) in [5.74, 6) is 0.459. The van der Waals surface area contributed by atoms with Gasteiger partial charge < -0.3 is 24.1 Å². The van der Waals surface area contributed by atoms with Crippen LogP contribution in [0.4, 0.5) is 5.69 Å². The Balaban J connectivity index is 0.00000529. The molecule has 0 N–H and O–H groups in total. The van der Waals surface area contributed by atoms with Gasteiger partial charge in [-0.05, 0) is 89.5 Å². The summed E-state index contributed by atoms with van der Waals surface area (Å²) in [5.41, 5.74) is 5.72. The maximum absolute atomic E-state index is 11.7. The fourth-order valence-corrected chi connectivity index (χ4v) is 4.90. The number of hydrogen-bond acceptors (Lipinski definition) is 6. The van der Waals surface area contributed by atoms with Crippen LogP contribution in [0.25, 0.3) is 16.0 Å². The minimum atomic E-state index is -1.40. The number of nitrogens with zero attached hydrogens (tertiary/aromatic N) is 1. The number of ether oxygens (including phenoxy) is 3. The number of carboxylic acids is 1. The molecule has 0 fully saturated rings. The van der Waals surface area contributed by atoms with E-state index in [9.17, 15) is 14.7 Å². The van der Waals surface area contributed by atoms with E-state index in [1.54, 1.807) is 0 Å². The third-order valence-electron chi connectivity index (χ3n) is 6.87. The molecule has 7 nitrogen and oxygen atoms in total. The molecule has 0 aliphatic heterocycles. The first-order chi connectivity index (χ1) is 20.7. The van der Waals surface area contributed by atoms with Gasteiger partial charge in [-0.2, -0.15) is 0 Å². The van der Waals surface area contributed by atoms with Crippen LogP contribution >= 0.6 is 23.2 Å². The summed E-state index contributed by atoms with van der Waals surface area (Å²) in [6, 6.07) is 19.0. The predicted octanol–water partition coefficient (Wildman–Crippen LogP) is 4.52. The Morgan fingerprint density at radius 1 is 0.909 bits per heavy atom. The Kier molecular flexibility index (Phi) is 12.8. The zero-order chi connectivity index (χ0) is 30.9. The van der Waals surface area contributed by atoms with Crippen molar-refractivity contribution in [1.82, 2.24) is 0 Å². The van der Waals surface area contributed by atoms with Gasteiger partial charge in [-0.3, -0.25) is 4.79 Å². The van der Waals surface area contributed by atoms with Gasteiger partial charge in [0.2, 0.25) is 0 Å². The van der Waals surface area contributed by atoms with Crippen LogP contribution in [0, 0.1) is 20.4 Å². The molecule has 4 rings (SSSR count). The minimum absolute atomic E-state index is 0. The van der Waals surface area contributed by atoms with E-state index in [0.717, 1.165) is 40.0 Å². The molecule has 0 radical (unpaired) electrons. The number of carboxylic acid groups (broad SMARTS) is 1. The second kappa shape index (κ2) is 16.2.